The van der Waals surface area contributed by atoms with E-state index in [4.69, 9.17) is 0 Å². The first kappa shape index (κ1) is 43.6. The molecule has 0 spiro atoms. The van der Waals surface area contributed by atoms with Crippen LogP contribution in [0.25, 0.3) is 126 Å². The molecule has 0 saturated carbocycles. The summed E-state index contributed by atoms with van der Waals surface area (Å²) in [5.41, 5.74) is 16.3. The summed E-state index contributed by atoms with van der Waals surface area (Å²) in [6, 6.07) is 107. The van der Waals surface area contributed by atoms with Crippen LogP contribution in [0.4, 0.5) is 17.1 Å². The summed E-state index contributed by atoms with van der Waals surface area (Å²) in [6.07, 6.45) is 0. The lowest BCUT2D eigenvalue weighted by atomic mass is 9.92. The second kappa shape index (κ2) is 17.9. The van der Waals surface area contributed by atoms with Gasteiger partial charge in [0.1, 0.15) is 0 Å². The van der Waals surface area contributed by atoms with Crippen molar-refractivity contribution in [3.63, 3.8) is 0 Å². The monoisotopic (exact) mass is 964 g/mol. The molecule has 0 bridgehead atoms. The zero-order valence-electron chi connectivity index (χ0n) is 41.6. The Labute approximate surface area is 441 Å². The van der Waals surface area contributed by atoms with Crippen molar-refractivity contribution in [3.05, 3.63) is 291 Å². The fraction of sp³-hybridized carbons (Fsp3) is 0. The van der Waals surface area contributed by atoms with E-state index in [1.807, 2.05) is 0 Å². The summed E-state index contributed by atoms with van der Waals surface area (Å²) in [4.78, 5) is 2.39. The molecular formula is C74H48N2. The van der Waals surface area contributed by atoms with Gasteiger partial charge in [0.15, 0.2) is 0 Å². The first-order valence-corrected chi connectivity index (χ1v) is 26.2. The Morgan fingerprint density at radius 1 is 0.224 bits per heavy atom. The lowest BCUT2D eigenvalue weighted by Crippen LogP contribution is -2.10. The molecule has 15 rings (SSSR count). The van der Waals surface area contributed by atoms with Crippen LogP contribution in [0.15, 0.2) is 291 Å². The molecule has 0 aliphatic rings. The molecule has 2 nitrogen and oxygen atoms in total. The van der Waals surface area contributed by atoms with Gasteiger partial charge in [-0.25, -0.2) is 0 Å². The molecule has 0 amide bonds. The van der Waals surface area contributed by atoms with E-state index in [0.29, 0.717) is 0 Å². The van der Waals surface area contributed by atoms with Gasteiger partial charge < -0.3 is 9.47 Å². The first-order chi connectivity index (χ1) is 37.7. The predicted octanol–water partition coefficient (Wildman–Crippen LogP) is 20.7. The molecule has 1 heterocycles. The van der Waals surface area contributed by atoms with E-state index in [-0.39, 0.29) is 0 Å². The van der Waals surface area contributed by atoms with Gasteiger partial charge in [-0.1, -0.05) is 218 Å². The molecule has 2 heteroatoms. The van der Waals surface area contributed by atoms with Crippen molar-refractivity contribution in [1.29, 1.82) is 0 Å². The lowest BCUT2D eigenvalue weighted by molar-refractivity contribution is 1.18. The number of rotatable bonds is 8. The largest absolute Gasteiger partial charge is 0.310 e. The number of hydrogen-bond donors (Lipinski definition) is 0. The Kier molecular flexibility index (Phi) is 10.2. The molecule has 1 aromatic heterocycles. The summed E-state index contributed by atoms with van der Waals surface area (Å²) in [5, 5.41) is 15.0. The van der Waals surface area contributed by atoms with Crippen LogP contribution in [0.1, 0.15) is 0 Å². The molecule has 0 unspecified atom stereocenters. The van der Waals surface area contributed by atoms with Gasteiger partial charge in [-0.05, 0) is 160 Å². The second-order valence-corrected chi connectivity index (χ2v) is 20.0. The molecule has 0 aliphatic heterocycles. The average molecular weight is 965 g/mol. The summed E-state index contributed by atoms with van der Waals surface area (Å²) >= 11 is 0. The predicted molar refractivity (Wildman–Crippen MR) is 325 cm³/mol. The van der Waals surface area contributed by atoms with Crippen LogP contribution < -0.4 is 4.90 Å². The van der Waals surface area contributed by atoms with E-state index >= 15 is 0 Å². The fourth-order valence-corrected chi connectivity index (χ4v) is 12.1. The van der Waals surface area contributed by atoms with Crippen molar-refractivity contribution in [2.45, 2.75) is 0 Å². The molecule has 0 aliphatic carbocycles. The van der Waals surface area contributed by atoms with E-state index in [2.05, 4.69) is 301 Å². The van der Waals surface area contributed by atoms with E-state index < -0.39 is 0 Å². The standard InChI is InChI=1S/C74H48N2/c1-2-15-49(16-3-1)51-31-38-59(39-32-51)75(71-28-14-20-53-18-6-7-21-61(53)71)60-40-33-52(34-41-60)56-36-43-73-69(46-56)70-47-57(55-30-29-50-17-4-5-19-54(50)45-55)37-44-74(70)76(73)72-27-13-12-22-62(72)58-35-42-67-65-25-9-8-23-63(65)64-24-10-11-26-66(64)68(67)48-58/h1-48H. The minimum absolute atomic E-state index is 1.09. The second-order valence-electron chi connectivity index (χ2n) is 20.0. The van der Waals surface area contributed by atoms with Crippen LogP contribution in [-0.2, 0) is 0 Å². The Balaban J connectivity index is 0.884. The quantitative estimate of drug-likeness (QED) is 0.138. The maximum Gasteiger partial charge on any atom is 0.0541 e. The number of hydrogen-bond acceptors (Lipinski definition) is 1. The minimum Gasteiger partial charge on any atom is -0.310 e. The summed E-state index contributed by atoms with van der Waals surface area (Å²) in [6.45, 7) is 0. The van der Waals surface area contributed by atoms with Crippen LogP contribution in [0.3, 0.4) is 0 Å². The van der Waals surface area contributed by atoms with Crippen LogP contribution >= 0.6 is 0 Å². The first-order valence-electron chi connectivity index (χ1n) is 26.2. The van der Waals surface area contributed by atoms with Gasteiger partial charge in [0.2, 0.25) is 0 Å². The maximum absolute atomic E-state index is 2.49. The normalized spacial score (nSPS) is 11.7. The Morgan fingerprint density at radius 3 is 1.33 bits per heavy atom. The lowest BCUT2D eigenvalue weighted by Gasteiger charge is -2.27. The molecule has 14 aromatic carbocycles. The Morgan fingerprint density at radius 2 is 0.658 bits per heavy atom. The minimum atomic E-state index is 1.09. The topological polar surface area (TPSA) is 8.17 Å². The van der Waals surface area contributed by atoms with Crippen molar-refractivity contribution < 1.29 is 0 Å². The highest BCUT2D eigenvalue weighted by Crippen LogP contribution is 2.44. The van der Waals surface area contributed by atoms with Gasteiger partial charge in [0.05, 0.1) is 22.4 Å². The van der Waals surface area contributed by atoms with Crippen LogP contribution in [0.5, 0.6) is 0 Å². The summed E-state index contributed by atoms with van der Waals surface area (Å²) in [7, 11) is 0. The number of nitrogens with zero attached hydrogens (tertiary/aromatic N) is 2. The van der Waals surface area contributed by atoms with Crippen molar-refractivity contribution in [2.24, 2.45) is 0 Å². The third-order valence-electron chi connectivity index (χ3n) is 15.7. The van der Waals surface area contributed by atoms with Gasteiger partial charge >= 0.3 is 0 Å². The zero-order chi connectivity index (χ0) is 50.1. The zero-order valence-corrected chi connectivity index (χ0v) is 41.6. The highest BCUT2D eigenvalue weighted by molar-refractivity contribution is 6.26. The fourth-order valence-electron chi connectivity index (χ4n) is 12.1. The van der Waals surface area contributed by atoms with Crippen molar-refractivity contribution in [3.8, 4) is 50.2 Å². The van der Waals surface area contributed by atoms with Crippen molar-refractivity contribution in [1.82, 2.24) is 4.57 Å². The SMILES string of the molecule is c1ccc(-c2ccc(N(c3ccc(-c4ccc5c(c4)c4cc(-c6ccc7ccccc7c6)ccc4n5-c4ccccc4-c4ccc5c6ccccc6c6ccccc6c5c4)cc3)c3cccc4ccccc34)cc2)cc1. The number of para-hydroxylation sites is 1. The smallest absolute Gasteiger partial charge is 0.0541 e. The van der Waals surface area contributed by atoms with Gasteiger partial charge in [-0.2, -0.15) is 0 Å². The average Bonchev–Trinajstić information content (AvgIpc) is 3.83. The van der Waals surface area contributed by atoms with Gasteiger partial charge in [0.25, 0.3) is 0 Å². The molecule has 76 heavy (non-hydrogen) atoms. The van der Waals surface area contributed by atoms with Crippen LogP contribution in [-0.4, -0.2) is 4.57 Å². The molecule has 354 valence electrons. The Bertz CT molecular complexity index is 4700. The van der Waals surface area contributed by atoms with Gasteiger partial charge in [-0.15, -0.1) is 0 Å². The number of anilines is 3. The van der Waals surface area contributed by atoms with E-state index in [1.165, 1.54) is 109 Å². The highest BCUT2D eigenvalue weighted by Gasteiger charge is 2.20. The van der Waals surface area contributed by atoms with Crippen molar-refractivity contribution in [2.75, 3.05) is 4.90 Å². The molecule has 15 aromatic rings. The number of benzene rings is 14. The van der Waals surface area contributed by atoms with E-state index in [9.17, 15) is 0 Å². The van der Waals surface area contributed by atoms with E-state index in [1.54, 1.807) is 0 Å². The summed E-state index contributed by atoms with van der Waals surface area (Å²) in [5.74, 6) is 0. The molecule has 0 radical (unpaired) electrons. The number of fused-ring (bicyclic) bond motifs is 11. The maximum atomic E-state index is 2.49. The third-order valence-corrected chi connectivity index (χ3v) is 15.7. The summed E-state index contributed by atoms with van der Waals surface area (Å²) < 4.78 is 2.49. The molecular weight excluding hydrogens is 917 g/mol. The van der Waals surface area contributed by atoms with Crippen molar-refractivity contribution >= 4 is 92.7 Å². The molecule has 0 saturated heterocycles. The van der Waals surface area contributed by atoms with E-state index in [0.717, 1.165) is 33.8 Å². The van der Waals surface area contributed by atoms with Gasteiger partial charge in [-0.3, -0.25) is 0 Å². The molecule has 0 atom stereocenters. The third kappa shape index (κ3) is 7.26. The van der Waals surface area contributed by atoms with Crippen LogP contribution in [0, 0.1) is 0 Å². The Hall–Kier alpha value is -10.0. The van der Waals surface area contributed by atoms with Crippen LogP contribution in [0.2, 0.25) is 0 Å². The number of aromatic nitrogens is 1. The van der Waals surface area contributed by atoms with Gasteiger partial charge in [0, 0.05) is 33.1 Å². The highest BCUT2D eigenvalue weighted by atomic mass is 15.1. The molecule has 0 fully saturated rings. The molecule has 0 N–H and O–H groups in total.